The second-order valence-electron chi connectivity index (χ2n) is 5.59. The predicted octanol–water partition coefficient (Wildman–Crippen LogP) is 4.43. The van der Waals surface area contributed by atoms with E-state index in [2.05, 4.69) is 42.2 Å². The second kappa shape index (κ2) is 7.41. The number of nitrogens with zero attached hydrogens (tertiary/aromatic N) is 1. The summed E-state index contributed by atoms with van der Waals surface area (Å²) >= 11 is 0. The molecular weight excluding hydrogens is 263 g/mol. The van der Waals surface area contributed by atoms with Crippen LogP contribution >= 0.6 is 0 Å². The fraction of sp³-hybridized carbons (Fsp3) is 0.444. The van der Waals surface area contributed by atoms with E-state index in [-0.39, 0.29) is 5.82 Å². The first-order valence-electron chi connectivity index (χ1n) is 7.78. The molecule has 2 rings (SSSR count). The van der Waals surface area contributed by atoms with E-state index in [9.17, 15) is 4.39 Å². The molecule has 0 saturated carbocycles. The van der Waals surface area contributed by atoms with Gasteiger partial charge in [0, 0.05) is 25.0 Å². The third-order valence-electron chi connectivity index (χ3n) is 3.87. The molecule has 0 aliphatic rings. The summed E-state index contributed by atoms with van der Waals surface area (Å²) in [6.07, 6.45) is 6.55. The summed E-state index contributed by atoms with van der Waals surface area (Å²) in [6.45, 7) is 8.05. The van der Waals surface area contributed by atoms with E-state index in [0.29, 0.717) is 12.6 Å². The van der Waals surface area contributed by atoms with Gasteiger partial charge in [0.2, 0.25) is 0 Å². The topological polar surface area (TPSA) is 17.0 Å². The maximum atomic E-state index is 13.4. The molecule has 0 spiro atoms. The number of nitrogens with one attached hydrogen (secondary N) is 1. The smallest absolute Gasteiger partial charge is 0.123 e. The monoisotopic (exact) mass is 288 g/mol. The zero-order valence-corrected chi connectivity index (χ0v) is 13.2. The molecule has 1 aromatic carbocycles. The molecule has 2 aromatic rings. The van der Waals surface area contributed by atoms with Gasteiger partial charge in [-0.3, -0.25) is 0 Å². The number of hydrogen-bond acceptors (Lipinski definition) is 1. The number of aromatic nitrogens is 1. The first-order chi connectivity index (χ1) is 10.1. The van der Waals surface area contributed by atoms with E-state index in [1.807, 2.05) is 13.0 Å². The number of aryl methyl sites for hydroxylation is 1. The highest BCUT2D eigenvalue weighted by molar-refractivity contribution is 5.27. The Labute approximate surface area is 127 Å². The molecule has 1 atom stereocenters. The Morgan fingerprint density at radius 2 is 2.05 bits per heavy atom. The van der Waals surface area contributed by atoms with Crippen LogP contribution in [0.3, 0.4) is 0 Å². The molecule has 0 aliphatic carbocycles. The van der Waals surface area contributed by atoms with Gasteiger partial charge >= 0.3 is 0 Å². The molecule has 0 saturated heterocycles. The second-order valence-corrected chi connectivity index (χ2v) is 5.59. The fourth-order valence-corrected chi connectivity index (χ4v) is 2.69. The van der Waals surface area contributed by atoms with Crippen molar-refractivity contribution in [2.45, 2.75) is 46.2 Å². The summed E-state index contributed by atoms with van der Waals surface area (Å²) in [4.78, 5) is 0. The van der Waals surface area contributed by atoms with Gasteiger partial charge in [0.1, 0.15) is 5.82 Å². The predicted molar refractivity (Wildman–Crippen MR) is 86.0 cm³/mol. The van der Waals surface area contributed by atoms with Gasteiger partial charge in [-0.05, 0) is 54.8 Å². The molecule has 2 nitrogen and oxygen atoms in total. The Kier molecular flexibility index (Phi) is 5.57. The van der Waals surface area contributed by atoms with Gasteiger partial charge < -0.3 is 9.88 Å². The van der Waals surface area contributed by atoms with Crippen molar-refractivity contribution in [3.63, 3.8) is 0 Å². The maximum Gasteiger partial charge on any atom is 0.123 e. The van der Waals surface area contributed by atoms with Gasteiger partial charge in [-0.25, -0.2) is 4.39 Å². The minimum atomic E-state index is -0.167. The molecule has 114 valence electrons. The van der Waals surface area contributed by atoms with Crippen molar-refractivity contribution in [2.75, 3.05) is 6.54 Å². The standard InChI is InChI=1S/C18H25FN2/c1-4-6-18(20-5-2)15-9-10-21(12-15)13-16-11-17(19)8-7-14(16)3/h7-12,18,20H,4-6,13H2,1-3H3. The highest BCUT2D eigenvalue weighted by Crippen LogP contribution is 2.20. The Morgan fingerprint density at radius 1 is 1.24 bits per heavy atom. The van der Waals surface area contributed by atoms with E-state index < -0.39 is 0 Å². The molecule has 1 N–H and O–H groups in total. The van der Waals surface area contributed by atoms with Crippen LogP contribution in [-0.2, 0) is 6.54 Å². The molecule has 1 aromatic heterocycles. The summed E-state index contributed by atoms with van der Waals surface area (Å²) < 4.78 is 15.5. The van der Waals surface area contributed by atoms with Gasteiger partial charge in [-0.2, -0.15) is 0 Å². The molecule has 0 radical (unpaired) electrons. The Morgan fingerprint density at radius 3 is 2.76 bits per heavy atom. The lowest BCUT2D eigenvalue weighted by atomic mass is 10.1. The Bertz CT molecular complexity index is 568. The van der Waals surface area contributed by atoms with E-state index >= 15 is 0 Å². The molecule has 1 heterocycles. The number of hydrogen-bond donors (Lipinski definition) is 1. The lowest BCUT2D eigenvalue weighted by Gasteiger charge is -2.15. The van der Waals surface area contributed by atoms with Crippen LogP contribution in [0.4, 0.5) is 4.39 Å². The van der Waals surface area contributed by atoms with E-state index in [1.165, 1.54) is 11.6 Å². The molecule has 3 heteroatoms. The fourth-order valence-electron chi connectivity index (χ4n) is 2.69. The normalized spacial score (nSPS) is 12.6. The summed E-state index contributed by atoms with van der Waals surface area (Å²) in [5, 5.41) is 3.52. The van der Waals surface area contributed by atoms with Crippen LogP contribution in [0, 0.1) is 12.7 Å². The van der Waals surface area contributed by atoms with Crippen molar-refractivity contribution in [1.82, 2.24) is 9.88 Å². The number of rotatable bonds is 7. The van der Waals surface area contributed by atoms with Crippen LogP contribution < -0.4 is 5.32 Å². The quantitative estimate of drug-likeness (QED) is 0.797. The van der Waals surface area contributed by atoms with Crippen LogP contribution in [-0.4, -0.2) is 11.1 Å². The van der Waals surface area contributed by atoms with E-state index in [4.69, 9.17) is 0 Å². The summed E-state index contributed by atoms with van der Waals surface area (Å²) in [5.74, 6) is -0.167. The highest BCUT2D eigenvalue weighted by Gasteiger charge is 2.11. The van der Waals surface area contributed by atoms with Gasteiger partial charge in [0.15, 0.2) is 0 Å². The first kappa shape index (κ1) is 15.8. The van der Waals surface area contributed by atoms with Crippen molar-refractivity contribution in [3.05, 3.63) is 59.2 Å². The molecule has 0 fully saturated rings. The minimum absolute atomic E-state index is 0.167. The van der Waals surface area contributed by atoms with Gasteiger partial charge in [-0.15, -0.1) is 0 Å². The molecule has 0 bridgehead atoms. The van der Waals surface area contributed by atoms with Crippen LogP contribution in [0.25, 0.3) is 0 Å². The van der Waals surface area contributed by atoms with Crippen LogP contribution in [0.1, 0.15) is 49.4 Å². The Balaban J connectivity index is 2.13. The van der Waals surface area contributed by atoms with Crippen molar-refractivity contribution >= 4 is 0 Å². The largest absolute Gasteiger partial charge is 0.350 e. The molecule has 0 amide bonds. The van der Waals surface area contributed by atoms with Crippen molar-refractivity contribution < 1.29 is 4.39 Å². The van der Waals surface area contributed by atoms with Crippen LogP contribution in [0.15, 0.2) is 36.7 Å². The number of halogens is 1. The van der Waals surface area contributed by atoms with Crippen LogP contribution in [0.2, 0.25) is 0 Å². The third-order valence-corrected chi connectivity index (χ3v) is 3.87. The van der Waals surface area contributed by atoms with Crippen molar-refractivity contribution in [2.24, 2.45) is 0 Å². The lowest BCUT2D eigenvalue weighted by Crippen LogP contribution is -2.20. The van der Waals surface area contributed by atoms with E-state index in [0.717, 1.165) is 30.5 Å². The zero-order chi connectivity index (χ0) is 15.2. The van der Waals surface area contributed by atoms with Gasteiger partial charge in [0.25, 0.3) is 0 Å². The third kappa shape index (κ3) is 4.18. The van der Waals surface area contributed by atoms with E-state index in [1.54, 1.807) is 6.07 Å². The van der Waals surface area contributed by atoms with Crippen LogP contribution in [0.5, 0.6) is 0 Å². The summed E-state index contributed by atoms with van der Waals surface area (Å²) in [7, 11) is 0. The zero-order valence-electron chi connectivity index (χ0n) is 13.2. The molecule has 1 unspecified atom stereocenters. The molecule has 0 aliphatic heterocycles. The summed E-state index contributed by atoms with van der Waals surface area (Å²) in [6, 6.07) is 7.56. The number of benzene rings is 1. The van der Waals surface area contributed by atoms with Crippen molar-refractivity contribution in [1.29, 1.82) is 0 Å². The average Bonchev–Trinajstić information content (AvgIpc) is 2.91. The molecular formula is C18H25FN2. The van der Waals surface area contributed by atoms with Gasteiger partial charge in [0.05, 0.1) is 0 Å². The average molecular weight is 288 g/mol. The highest BCUT2D eigenvalue weighted by atomic mass is 19.1. The van der Waals surface area contributed by atoms with Crippen molar-refractivity contribution in [3.8, 4) is 0 Å². The Hall–Kier alpha value is -1.61. The minimum Gasteiger partial charge on any atom is -0.350 e. The first-order valence-corrected chi connectivity index (χ1v) is 7.78. The van der Waals surface area contributed by atoms with Gasteiger partial charge in [-0.1, -0.05) is 26.3 Å². The summed E-state index contributed by atoms with van der Waals surface area (Å²) in [5.41, 5.74) is 3.48. The maximum absolute atomic E-state index is 13.4. The SMILES string of the molecule is CCCC(NCC)c1ccn(Cc2cc(F)ccc2C)c1. The molecule has 21 heavy (non-hydrogen) atoms. The lowest BCUT2D eigenvalue weighted by molar-refractivity contribution is 0.508.